The third-order valence-corrected chi connectivity index (χ3v) is 6.14. The third-order valence-electron chi connectivity index (χ3n) is 6.14. The minimum atomic E-state index is 0.380. The van der Waals surface area contributed by atoms with Crippen LogP contribution in [0, 0.1) is 22.7 Å². The summed E-state index contributed by atoms with van der Waals surface area (Å²) < 4.78 is 7.08. The maximum absolute atomic E-state index is 5.82. The molecule has 0 saturated carbocycles. The van der Waals surface area contributed by atoms with Crippen molar-refractivity contribution in [2.24, 2.45) is 22.7 Å². The highest BCUT2D eigenvalue weighted by Gasteiger charge is 2.47. The average Bonchev–Trinajstić information content (AvgIpc) is 3.23. The topological polar surface area (TPSA) is 9.23 Å². The van der Waals surface area contributed by atoms with Crippen LogP contribution in [0.15, 0.2) is 24.3 Å². The van der Waals surface area contributed by atoms with Crippen LogP contribution in [0.5, 0.6) is 5.75 Å². The van der Waals surface area contributed by atoms with Gasteiger partial charge in [-0.2, -0.15) is 0 Å². The molecule has 0 unspecified atom stereocenters. The van der Waals surface area contributed by atoms with E-state index >= 15 is 0 Å². The van der Waals surface area contributed by atoms with Gasteiger partial charge in [-0.3, -0.25) is 0 Å². The zero-order valence-electron chi connectivity index (χ0n) is 18.6. The summed E-state index contributed by atoms with van der Waals surface area (Å²) in [7, 11) is 0. The lowest BCUT2D eigenvalue weighted by Gasteiger charge is -2.39. The Morgan fingerprint density at radius 2 is 1.54 bits per heavy atom. The molecule has 1 aromatic carbocycles. The van der Waals surface area contributed by atoms with Crippen molar-refractivity contribution in [2.75, 3.05) is 26.2 Å². The number of nitrogens with zero attached hydrogens (tertiary/aromatic N) is 1. The third kappa shape index (κ3) is 6.30. The summed E-state index contributed by atoms with van der Waals surface area (Å²) in [5.41, 5.74) is 2.22. The van der Waals surface area contributed by atoms with Crippen molar-refractivity contribution in [1.82, 2.24) is 0 Å². The van der Waals surface area contributed by atoms with E-state index in [1.807, 2.05) is 0 Å². The van der Waals surface area contributed by atoms with Crippen molar-refractivity contribution >= 4 is 0 Å². The predicted octanol–water partition coefficient (Wildman–Crippen LogP) is 6.15. The second kappa shape index (κ2) is 7.92. The predicted molar refractivity (Wildman–Crippen MR) is 112 cm³/mol. The number of rotatable bonds is 10. The van der Waals surface area contributed by atoms with Crippen LogP contribution in [-0.2, 0) is 6.54 Å². The highest BCUT2D eigenvalue weighted by Crippen LogP contribution is 2.42. The molecule has 2 nitrogen and oxygen atoms in total. The fourth-order valence-electron chi connectivity index (χ4n) is 4.26. The molecular formula is C24H42NO+. The summed E-state index contributed by atoms with van der Waals surface area (Å²) in [6.07, 6.45) is 1.29. The fraction of sp³-hybridized carbons (Fsp3) is 0.750. The van der Waals surface area contributed by atoms with Crippen LogP contribution >= 0.6 is 0 Å². The maximum Gasteiger partial charge on any atom is 0.129 e. The van der Waals surface area contributed by atoms with E-state index in [1.54, 1.807) is 0 Å². The Bertz CT molecular complexity index is 564. The van der Waals surface area contributed by atoms with Crippen LogP contribution in [0.25, 0.3) is 0 Å². The van der Waals surface area contributed by atoms with E-state index in [2.05, 4.69) is 79.7 Å². The van der Waals surface area contributed by atoms with Crippen molar-refractivity contribution in [3.63, 3.8) is 0 Å². The van der Waals surface area contributed by atoms with Gasteiger partial charge in [0, 0.05) is 11.0 Å². The molecule has 148 valence electrons. The van der Waals surface area contributed by atoms with E-state index in [4.69, 9.17) is 4.74 Å². The Hall–Kier alpha value is -1.02. The molecule has 1 aliphatic heterocycles. The fourth-order valence-corrected chi connectivity index (χ4v) is 4.26. The number of ether oxygens (including phenoxy) is 1. The van der Waals surface area contributed by atoms with Gasteiger partial charge in [-0.25, -0.2) is 0 Å². The van der Waals surface area contributed by atoms with Crippen molar-refractivity contribution in [2.45, 2.75) is 68.4 Å². The summed E-state index contributed by atoms with van der Waals surface area (Å²) in [4.78, 5) is 0. The van der Waals surface area contributed by atoms with E-state index in [0.29, 0.717) is 16.7 Å². The molecule has 0 spiro atoms. The highest BCUT2D eigenvalue weighted by atomic mass is 16.5. The second-order valence-corrected chi connectivity index (χ2v) is 10.9. The van der Waals surface area contributed by atoms with Gasteiger partial charge in [-0.15, -0.1) is 0 Å². The van der Waals surface area contributed by atoms with Gasteiger partial charge in [0.15, 0.2) is 0 Å². The zero-order chi connectivity index (χ0) is 19.6. The SMILES string of the molecule is CC(C)COc1ccc(C[N+]2(CC(C)(C)CC(C)(C)C(C)C)CC2)cc1. The maximum atomic E-state index is 5.82. The van der Waals surface area contributed by atoms with Crippen LogP contribution in [0.4, 0.5) is 0 Å². The molecule has 26 heavy (non-hydrogen) atoms. The normalized spacial score (nSPS) is 17.0. The molecule has 0 radical (unpaired) electrons. The number of hydrogen-bond acceptors (Lipinski definition) is 1. The van der Waals surface area contributed by atoms with E-state index in [-0.39, 0.29) is 0 Å². The lowest BCUT2D eigenvalue weighted by atomic mass is 9.69. The lowest BCUT2D eigenvalue weighted by Crippen LogP contribution is -2.39. The van der Waals surface area contributed by atoms with Crippen molar-refractivity contribution in [3.8, 4) is 5.75 Å². The quantitative estimate of drug-likeness (QED) is 0.359. The van der Waals surface area contributed by atoms with Crippen LogP contribution < -0.4 is 4.74 Å². The smallest absolute Gasteiger partial charge is 0.129 e. The monoisotopic (exact) mass is 360 g/mol. The molecule has 0 aromatic heterocycles. The Morgan fingerprint density at radius 1 is 0.962 bits per heavy atom. The van der Waals surface area contributed by atoms with Crippen LogP contribution in [0.3, 0.4) is 0 Å². The van der Waals surface area contributed by atoms with Gasteiger partial charge in [0.1, 0.15) is 25.4 Å². The molecule has 0 atom stereocenters. The average molecular weight is 361 g/mol. The molecule has 0 aliphatic carbocycles. The van der Waals surface area contributed by atoms with E-state index in [0.717, 1.165) is 24.8 Å². The van der Waals surface area contributed by atoms with Crippen molar-refractivity contribution in [3.05, 3.63) is 29.8 Å². The molecular weight excluding hydrogens is 318 g/mol. The van der Waals surface area contributed by atoms with Crippen LogP contribution in [-0.4, -0.2) is 30.7 Å². The van der Waals surface area contributed by atoms with Crippen LogP contribution in [0.2, 0.25) is 0 Å². The summed E-state index contributed by atoms with van der Waals surface area (Å²) in [6.45, 7) is 24.8. The van der Waals surface area contributed by atoms with Gasteiger partial charge < -0.3 is 9.22 Å². The standard InChI is InChI=1S/C24H42NO/c1-19(2)16-26-22-11-9-21(10-12-22)15-25(13-14-25)18-23(5,6)17-24(7,8)20(3)4/h9-12,19-20H,13-18H2,1-8H3/q+1. The molecule has 0 amide bonds. The minimum absolute atomic E-state index is 0.380. The Kier molecular flexibility index (Phi) is 6.48. The summed E-state index contributed by atoms with van der Waals surface area (Å²) in [5, 5.41) is 0. The first-order chi connectivity index (χ1) is 11.9. The van der Waals surface area contributed by atoms with Gasteiger partial charge in [0.25, 0.3) is 0 Å². The summed E-state index contributed by atoms with van der Waals surface area (Å²) in [6, 6.07) is 8.81. The molecule has 1 saturated heterocycles. The molecule has 1 aromatic rings. The molecule has 0 N–H and O–H groups in total. The summed E-state index contributed by atoms with van der Waals surface area (Å²) in [5.74, 6) is 2.29. The largest absolute Gasteiger partial charge is 0.493 e. The van der Waals surface area contributed by atoms with Gasteiger partial charge in [-0.1, -0.05) is 55.4 Å². The van der Waals surface area contributed by atoms with Crippen molar-refractivity contribution < 1.29 is 9.22 Å². The van der Waals surface area contributed by atoms with E-state index < -0.39 is 0 Å². The number of benzene rings is 1. The van der Waals surface area contributed by atoms with Gasteiger partial charge in [-0.05, 0) is 47.9 Å². The van der Waals surface area contributed by atoms with E-state index in [1.165, 1.54) is 36.1 Å². The van der Waals surface area contributed by atoms with Gasteiger partial charge in [0.2, 0.25) is 0 Å². The van der Waals surface area contributed by atoms with Crippen LogP contribution in [0.1, 0.15) is 67.4 Å². The summed E-state index contributed by atoms with van der Waals surface area (Å²) >= 11 is 0. The number of quaternary nitrogens is 1. The second-order valence-electron chi connectivity index (χ2n) is 10.9. The lowest BCUT2D eigenvalue weighted by molar-refractivity contribution is -0.821. The first-order valence-electron chi connectivity index (χ1n) is 10.5. The van der Waals surface area contributed by atoms with Crippen molar-refractivity contribution in [1.29, 1.82) is 0 Å². The molecule has 2 heteroatoms. The Morgan fingerprint density at radius 3 is 2.00 bits per heavy atom. The molecule has 1 aliphatic rings. The molecule has 1 fully saturated rings. The number of hydrogen-bond donors (Lipinski definition) is 0. The first-order valence-corrected chi connectivity index (χ1v) is 10.5. The Balaban J connectivity index is 1.94. The Labute approximate surface area is 162 Å². The van der Waals surface area contributed by atoms with E-state index in [9.17, 15) is 0 Å². The van der Waals surface area contributed by atoms with Gasteiger partial charge >= 0.3 is 0 Å². The first kappa shape index (κ1) is 21.3. The molecule has 0 bridgehead atoms. The van der Waals surface area contributed by atoms with Gasteiger partial charge in [0.05, 0.1) is 13.2 Å². The zero-order valence-corrected chi connectivity index (χ0v) is 18.6. The highest BCUT2D eigenvalue weighted by molar-refractivity contribution is 5.27. The minimum Gasteiger partial charge on any atom is -0.493 e. The molecule has 2 rings (SSSR count). The molecule has 1 heterocycles.